The van der Waals surface area contributed by atoms with Crippen molar-refractivity contribution >= 4 is 33.4 Å². The number of ether oxygens (including phenoxy) is 3. The van der Waals surface area contributed by atoms with Crippen molar-refractivity contribution in [3.63, 3.8) is 0 Å². The summed E-state index contributed by atoms with van der Waals surface area (Å²) in [5, 5.41) is 5.67. The third-order valence-corrected chi connectivity index (χ3v) is 8.18. The lowest BCUT2D eigenvalue weighted by molar-refractivity contribution is -0.147. The molecule has 0 spiro atoms. The Labute approximate surface area is 245 Å². The van der Waals surface area contributed by atoms with Crippen molar-refractivity contribution < 1.29 is 14.2 Å². The summed E-state index contributed by atoms with van der Waals surface area (Å²) in [6.07, 6.45) is 6.01. The van der Waals surface area contributed by atoms with Gasteiger partial charge in [0.15, 0.2) is 5.79 Å². The van der Waals surface area contributed by atoms with E-state index in [1.165, 1.54) is 5.57 Å². The summed E-state index contributed by atoms with van der Waals surface area (Å²) in [4.78, 5) is 11.8. The fourth-order valence-electron chi connectivity index (χ4n) is 6.09. The molecular formula is C34H35N5O3. The van der Waals surface area contributed by atoms with Crippen LogP contribution in [0.4, 0.5) is 11.5 Å². The molecule has 1 N–H and O–H groups in total. The van der Waals surface area contributed by atoms with Crippen LogP contribution in [0.2, 0.25) is 0 Å². The van der Waals surface area contributed by atoms with E-state index < -0.39 is 5.79 Å². The average Bonchev–Trinajstić information content (AvgIpc) is 3.66. The number of pyridine rings is 2. The number of aromatic nitrogens is 3. The van der Waals surface area contributed by atoms with Gasteiger partial charge in [0.2, 0.25) is 0 Å². The number of fused-ring (bicyclic) bond motifs is 3. The number of benzene rings is 2. The highest BCUT2D eigenvalue weighted by atomic mass is 16.8. The molecule has 2 aliphatic rings. The van der Waals surface area contributed by atoms with Crippen molar-refractivity contribution in [2.75, 3.05) is 30.9 Å². The molecule has 5 aromatic rings. The van der Waals surface area contributed by atoms with E-state index in [9.17, 15) is 0 Å². The molecule has 2 aromatic carbocycles. The van der Waals surface area contributed by atoms with Gasteiger partial charge in [-0.1, -0.05) is 24.3 Å². The first kappa shape index (κ1) is 26.5. The zero-order chi connectivity index (χ0) is 28.8. The van der Waals surface area contributed by atoms with Gasteiger partial charge in [-0.15, -0.1) is 0 Å². The summed E-state index contributed by atoms with van der Waals surface area (Å²) in [6, 6.07) is 24.8. The van der Waals surface area contributed by atoms with Crippen molar-refractivity contribution in [2.45, 2.75) is 44.4 Å². The van der Waals surface area contributed by atoms with E-state index in [4.69, 9.17) is 19.2 Å². The summed E-state index contributed by atoms with van der Waals surface area (Å²) < 4.78 is 20.4. The van der Waals surface area contributed by atoms with Gasteiger partial charge < -0.3 is 29.0 Å². The number of methoxy groups -OCH3 is 1. The Kier molecular flexibility index (Phi) is 6.60. The third kappa shape index (κ3) is 4.97. The summed E-state index contributed by atoms with van der Waals surface area (Å²) in [7, 11) is 3.79. The molecule has 0 bridgehead atoms. The number of hydrogen-bond donors (Lipinski definition) is 1. The Morgan fingerprint density at radius 3 is 2.67 bits per heavy atom. The first-order chi connectivity index (χ1) is 20.4. The maximum absolute atomic E-state index is 6.45. The van der Waals surface area contributed by atoms with Crippen LogP contribution >= 0.6 is 0 Å². The second kappa shape index (κ2) is 10.5. The first-order valence-corrected chi connectivity index (χ1v) is 14.3. The normalized spacial score (nSPS) is 21.0. The number of nitrogens with one attached hydrogen (secondary N) is 1. The lowest BCUT2D eigenvalue weighted by atomic mass is 10.1. The van der Waals surface area contributed by atoms with Crippen LogP contribution in [0.5, 0.6) is 5.75 Å². The lowest BCUT2D eigenvalue weighted by Crippen LogP contribution is -2.30. The molecule has 42 heavy (non-hydrogen) atoms. The second-order valence-corrected chi connectivity index (χ2v) is 11.5. The van der Waals surface area contributed by atoms with Gasteiger partial charge >= 0.3 is 0 Å². The molecule has 1 aliphatic heterocycles. The summed E-state index contributed by atoms with van der Waals surface area (Å²) in [5.41, 5.74) is 5.37. The number of rotatable bonds is 8. The molecule has 1 aliphatic carbocycles. The first-order valence-electron chi connectivity index (χ1n) is 14.3. The van der Waals surface area contributed by atoms with E-state index >= 15 is 0 Å². The van der Waals surface area contributed by atoms with Crippen LogP contribution in [0.1, 0.15) is 25.5 Å². The molecule has 8 nitrogen and oxygen atoms in total. The SMILES string of the molecule is COc1ccc(CNc2ccc3ccc(N(C)CC4=C[C@@H](n5ccc6cccnc65)[C@@H]5OC(C)(C)O[C@H]45)cc3n2)cc1. The van der Waals surface area contributed by atoms with Crippen LogP contribution in [0, 0.1) is 0 Å². The molecule has 3 aromatic heterocycles. The van der Waals surface area contributed by atoms with Gasteiger partial charge in [-0.25, -0.2) is 9.97 Å². The van der Waals surface area contributed by atoms with Crippen molar-refractivity contribution in [1.29, 1.82) is 0 Å². The topological polar surface area (TPSA) is 73.7 Å². The Morgan fingerprint density at radius 2 is 1.83 bits per heavy atom. The van der Waals surface area contributed by atoms with Crippen molar-refractivity contribution in [1.82, 2.24) is 14.5 Å². The monoisotopic (exact) mass is 561 g/mol. The lowest BCUT2D eigenvalue weighted by Gasteiger charge is -2.24. The molecule has 0 radical (unpaired) electrons. The minimum absolute atomic E-state index is 0.00480. The van der Waals surface area contributed by atoms with E-state index in [-0.39, 0.29) is 18.2 Å². The van der Waals surface area contributed by atoms with Crippen molar-refractivity contribution in [2.24, 2.45) is 0 Å². The molecule has 0 unspecified atom stereocenters. The molecule has 214 valence electrons. The Bertz CT molecular complexity index is 1780. The number of hydrogen-bond acceptors (Lipinski definition) is 7. The molecule has 4 heterocycles. The van der Waals surface area contributed by atoms with Crippen LogP contribution in [0.25, 0.3) is 21.9 Å². The van der Waals surface area contributed by atoms with Gasteiger partial charge in [-0.05, 0) is 79.6 Å². The van der Waals surface area contributed by atoms with E-state index in [2.05, 4.69) is 87.6 Å². The van der Waals surface area contributed by atoms with Crippen molar-refractivity contribution in [3.8, 4) is 5.75 Å². The van der Waals surface area contributed by atoms with Gasteiger partial charge in [0, 0.05) is 49.0 Å². The zero-order valence-electron chi connectivity index (χ0n) is 24.3. The highest BCUT2D eigenvalue weighted by Gasteiger charge is 2.50. The minimum atomic E-state index is -0.649. The third-order valence-electron chi connectivity index (χ3n) is 8.18. The van der Waals surface area contributed by atoms with E-state index in [0.29, 0.717) is 13.1 Å². The van der Waals surface area contributed by atoms with Crippen LogP contribution in [0.3, 0.4) is 0 Å². The number of anilines is 2. The molecule has 1 saturated heterocycles. The highest BCUT2D eigenvalue weighted by molar-refractivity contribution is 5.84. The fraction of sp³-hybridized carbons (Fsp3) is 0.294. The molecular weight excluding hydrogens is 526 g/mol. The maximum Gasteiger partial charge on any atom is 0.164 e. The number of likely N-dealkylation sites (N-methyl/N-ethyl adjacent to an activating group) is 1. The predicted molar refractivity (Wildman–Crippen MR) is 166 cm³/mol. The van der Waals surface area contributed by atoms with Crippen LogP contribution in [0.15, 0.2) is 96.8 Å². The molecule has 1 fully saturated rings. The zero-order valence-corrected chi connectivity index (χ0v) is 24.3. The quantitative estimate of drug-likeness (QED) is 0.222. The van der Waals surface area contributed by atoms with Gasteiger partial charge in [-0.2, -0.15) is 0 Å². The maximum atomic E-state index is 6.45. The molecule has 7 rings (SSSR count). The molecule has 3 atom stereocenters. The summed E-state index contributed by atoms with van der Waals surface area (Å²) in [6.45, 7) is 5.38. The van der Waals surface area contributed by atoms with Crippen LogP contribution in [-0.2, 0) is 16.0 Å². The smallest absolute Gasteiger partial charge is 0.164 e. The van der Waals surface area contributed by atoms with Gasteiger partial charge in [-0.3, -0.25) is 0 Å². The van der Waals surface area contributed by atoms with E-state index in [1.807, 2.05) is 44.3 Å². The fourth-order valence-corrected chi connectivity index (χ4v) is 6.09. The van der Waals surface area contributed by atoms with Crippen molar-refractivity contribution in [3.05, 3.63) is 102 Å². The van der Waals surface area contributed by atoms with Crippen LogP contribution in [-0.4, -0.2) is 53.2 Å². The molecule has 0 saturated carbocycles. The Hall–Kier alpha value is -4.40. The number of nitrogens with zero attached hydrogens (tertiary/aromatic N) is 4. The van der Waals surface area contributed by atoms with Gasteiger partial charge in [0.1, 0.15) is 29.4 Å². The van der Waals surface area contributed by atoms with Gasteiger partial charge in [0.05, 0.1) is 18.7 Å². The average molecular weight is 562 g/mol. The molecule has 0 amide bonds. The van der Waals surface area contributed by atoms with E-state index in [1.54, 1.807) is 7.11 Å². The second-order valence-electron chi connectivity index (χ2n) is 11.5. The van der Waals surface area contributed by atoms with Crippen LogP contribution < -0.4 is 15.0 Å². The highest BCUT2D eigenvalue weighted by Crippen LogP contribution is 2.44. The van der Waals surface area contributed by atoms with E-state index in [0.717, 1.165) is 44.8 Å². The Balaban J connectivity index is 1.11. The minimum Gasteiger partial charge on any atom is -0.497 e. The standard InChI is InChI=1S/C34H35N5O3/c1-34(2)41-31-25(18-29(32(31)42-34)39-17-15-24-6-5-16-35-33(24)39)21-38(3)26-11-9-23-10-14-30(37-28(23)19-26)36-20-22-7-12-27(40-4)13-8-22/h5-19,29,31-32H,20-21H2,1-4H3,(H,36,37)/t29-,31-,32+/m1/s1. The molecule has 8 heteroatoms. The largest absolute Gasteiger partial charge is 0.497 e. The summed E-state index contributed by atoms with van der Waals surface area (Å²) >= 11 is 0. The Morgan fingerprint density at radius 1 is 1.00 bits per heavy atom. The van der Waals surface area contributed by atoms with Gasteiger partial charge in [0.25, 0.3) is 0 Å². The predicted octanol–water partition coefficient (Wildman–Crippen LogP) is 6.34. The summed E-state index contributed by atoms with van der Waals surface area (Å²) in [5.74, 6) is 1.04.